The van der Waals surface area contributed by atoms with E-state index in [-0.39, 0.29) is 42.3 Å². The fourth-order valence-corrected chi connectivity index (χ4v) is 6.40. The van der Waals surface area contributed by atoms with Crippen molar-refractivity contribution in [3.63, 3.8) is 0 Å². The van der Waals surface area contributed by atoms with Crippen LogP contribution in [0.4, 0.5) is 19.4 Å². The number of ether oxygens (including phenoxy) is 3. The van der Waals surface area contributed by atoms with Gasteiger partial charge in [-0.2, -0.15) is 4.39 Å². The third-order valence-corrected chi connectivity index (χ3v) is 8.44. The molecular weight excluding hydrogens is 530 g/mol. The molecular formula is C26H26F2N6O4S. The zero-order valence-electron chi connectivity index (χ0n) is 21.1. The van der Waals surface area contributed by atoms with E-state index < -0.39 is 17.9 Å². The normalized spacial score (nSPS) is 20.3. The number of carbonyl (C=O) groups is 1. The van der Waals surface area contributed by atoms with Crippen molar-refractivity contribution in [1.82, 2.24) is 24.9 Å². The van der Waals surface area contributed by atoms with E-state index in [1.807, 2.05) is 0 Å². The number of carbonyl (C=O) groups excluding carboxylic acids is 1. The molecule has 4 heterocycles. The first kappa shape index (κ1) is 25.6. The van der Waals surface area contributed by atoms with E-state index in [1.165, 1.54) is 31.3 Å². The second-order valence-electron chi connectivity index (χ2n) is 9.75. The Kier molecular flexibility index (Phi) is 7.09. The molecule has 0 radical (unpaired) electrons. The third kappa shape index (κ3) is 5.28. The van der Waals surface area contributed by atoms with Gasteiger partial charge >= 0.3 is 6.16 Å². The van der Waals surface area contributed by atoms with Gasteiger partial charge in [0.2, 0.25) is 5.95 Å². The molecule has 4 aromatic rings. The van der Waals surface area contributed by atoms with Gasteiger partial charge in [-0.25, -0.2) is 29.1 Å². The molecule has 7 rings (SSSR count). The van der Waals surface area contributed by atoms with E-state index in [0.29, 0.717) is 27.9 Å². The number of anilines is 1. The molecule has 1 atom stereocenters. The number of halogens is 2. The van der Waals surface area contributed by atoms with Crippen molar-refractivity contribution < 1.29 is 27.8 Å². The number of aromatic amines is 1. The zero-order chi connectivity index (χ0) is 26.9. The van der Waals surface area contributed by atoms with Crippen molar-refractivity contribution in [3.8, 4) is 22.0 Å². The molecule has 13 heteroatoms. The SMILES string of the molecule is COC(=O)OCOCc1ccc(-c2nc(-c3c[nH]c4ncc(F)nc34)nc(NC3CC4CCC3CC4)c2F)s1. The lowest BCUT2D eigenvalue weighted by Crippen LogP contribution is -2.40. The van der Waals surface area contributed by atoms with E-state index in [9.17, 15) is 9.18 Å². The molecule has 2 bridgehead atoms. The van der Waals surface area contributed by atoms with Crippen LogP contribution in [0.15, 0.2) is 24.5 Å². The summed E-state index contributed by atoms with van der Waals surface area (Å²) in [6.07, 6.45) is 7.45. The smallest absolute Gasteiger partial charge is 0.438 e. The third-order valence-electron chi connectivity index (χ3n) is 7.38. The van der Waals surface area contributed by atoms with Crippen molar-refractivity contribution in [2.24, 2.45) is 11.8 Å². The second kappa shape index (κ2) is 10.8. The van der Waals surface area contributed by atoms with Gasteiger partial charge in [0.15, 0.2) is 29.9 Å². The number of thiophene rings is 1. The van der Waals surface area contributed by atoms with Crippen molar-refractivity contribution >= 4 is 34.5 Å². The molecule has 10 nitrogen and oxygen atoms in total. The second-order valence-corrected chi connectivity index (χ2v) is 10.9. The number of aromatic nitrogens is 5. The average Bonchev–Trinajstić information content (AvgIpc) is 3.60. The van der Waals surface area contributed by atoms with Crippen LogP contribution >= 0.6 is 11.3 Å². The summed E-state index contributed by atoms with van der Waals surface area (Å²) in [6.45, 7) is -0.128. The number of hydrogen-bond donors (Lipinski definition) is 2. The lowest BCUT2D eigenvalue weighted by atomic mass is 9.68. The minimum atomic E-state index is -0.842. The molecule has 3 saturated carbocycles. The Morgan fingerprint density at radius 3 is 2.79 bits per heavy atom. The summed E-state index contributed by atoms with van der Waals surface area (Å²) in [4.78, 5) is 32.5. The van der Waals surface area contributed by atoms with Gasteiger partial charge in [0, 0.05) is 17.1 Å². The van der Waals surface area contributed by atoms with Crippen LogP contribution in [-0.2, 0) is 20.8 Å². The molecule has 0 aromatic carbocycles. The summed E-state index contributed by atoms with van der Waals surface area (Å²) in [7, 11) is 1.21. The van der Waals surface area contributed by atoms with Gasteiger partial charge in [-0.15, -0.1) is 11.3 Å². The predicted octanol–water partition coefficient (Wildman–Crippen LogP) is 5.67. The van der Waals surface area contributed by atoms with E-state index in [0.717, 1.165) is 30.3 Å². The first-order valence-corrected chi connectivity index (χ1v) is 13.5. The van der Waals surface area contributed by atoms with E-state index >= 15 is 4.39 Å². The standard InChI is InChI=1S/C26H26F2N6O4S/c1-36-26(35)38-12-37-11-15-6-7-18(39-15)22-20(28)24(31-17-8-13-2-4-14(17)5-3-13)34-23(33-22)16-9-29-25-21(16)32-19(27)10-30-25/h6-7,9-10,13-14,17H,2-5,8,11-12H2,1H3,(H,29,30)(H,31,33,34). The fraction of sp³-hybridized carbons (Fsp3) is 0.423. The molecule has 0 amide bonds. The monoisotopic (exact) mass is 556 g/mol. The highest BCUT2D eigenvalue weighted by Gasteiger charge is 2.36. The number of methoxy groups -OCH3 is 1. The van der Waals surface area contributed by atoms with Crippen LogP contribution in [0.5, 0.6) is 0 Å². The highest BCUT2D eigenvalue weighted by atomic mass is 32.1. The predicted molar refractivity (Wildman–Crippen MR) is 139 cm³/mol. The number of nitrogens with zero attached hydrogens (tertiary/aromatic N) is 4. The van der Waals surface area contributed by atoms with Gasteiger partial charge in [0.25, 0.3) is 0 Å². The van der Waals surface area contributed by atoms with Gasteiger partial charge in [-0.1, -0.05) is 12.8 Å². The van der Waals surface area contributed by atoms with E-state index in [4.69, 9.17) is 9.47 Å². The van der Waals surface area contributed by atoms with Crippen molar-refractivity contribution in [2.45, 2.75) is 44.8 Å². The van der Waals surface area contributed by atoms with Crippen LogP contribution in [0.2, 0.25) is 0 Å². The molecule has 3 fully saturated rings. The molecule has 4 aromatic heterocycles. The summed E-state index contributed by atoms with van der Waals surface area (Å²) in [5.74, 6) is 0.151. The molecule has 2 N–H and O–H groups in total. The molecule has 1 unspecified atom stereocenters. The molecule has 39 heavy (non-hydrogen) atoms. The summed E-state index contributed by atoms with van der Waals surface area (Å²) in [5, 5.41) is 3.39. The van der Waals surface area contributed by atoms with Crippen LogP contribution < -0.4 is 5.32 Å². The quantitative estimate of drug-likeness (QED) is 0.160. The lowest BCUT2D eigenvalue weighted by Gasteiger charge is -2.42. The Hall–Kier alpha value is -3.71. The highest BCUT2D eigenvalue weighted by molar-refractivity contribution is 7.15. The van der Waals surface area contributed by atoms with Gasteiger partial charge in [0.1, 0.15) is 11.2 Å². The van der Waals surface area contributed by atoms with Crippen molar-refractivity contribution in [1.29, 1.82) is 0 Å². The maximum atomic E-state index is 16.0. The maximum Gasteiger partial charge on any atom is 0.510 e. The molecule has 3 aliphatic carbocycles. The van der Waals surface area contributed by atoms with E-state index in [2.05, 4.69) is 35.0 Å². The van der Waals surface area contributed by atoms with E-state index in [1.54, 1.807) is 18.3 Å². The summed E-state index contributed by atoms with van der Waals surface area (Å²) in [6, 6.07) is 3.67. The minimum absolute atomic E-state index is 0.115. The Morgan fingerprint density at radius 1 is 1.18 bits per heavy atom. The Morgan fingerprint density at radius 2 is 2.03 bits per heavy atom. The number of nitrogens with one attached hydrogen (secondary N) is 2. The molecule has 0 spiro atoms. The maximum absolute atomic E-state index is 16.0. The topological polar surface area (TPSA) is 124 Å². The fourth-order valence-electron chi connectivity index (χ4n) is 5.47. The van der Waals surface area contributed by atoms with Crippen LogP contribution in [0.25, 0.3) is 33.1 Å². The molecule has 204 valence electrons. The van der Waals surface area contributed by atoms with Gasteiger partial charge in [-0.05, 0) is 43.2 Å². The Labute approximate surface area is 226 Å². The average molecular weight is 557 g/mol. The first-order valence-electron chi connectivity index (χ1n) is 12.7. The highest BCUT2D eigenvalue weighted by Crippen LogP contribution is 2.43. The zero-order valence-corrected chi connectivity index (χ0v) is 21.9. The summed E-state index contributed by atoms with van der Waals surface area (Å²) < 4.78 is 44.4. The van der Waals surface area contributed by atoms with Gasteiger partial charge < -0.3 is 24.5 Å². The Bertz CT molecular complexity index is 1500. The number of fused-ring (bicyclic) bond motifs is 4. The molecule has 3 aliphatic rings. The summed E-state index contributed by atoms with van der Waals surface area (Å²) >= 11 is 1.29. The van der Waals surface area contributed by atoms with Gasteiger partial charge in [-0.3, -0.25) is 0 Å². The molecule has 0 saturated heterocycles. The summed E-state index contributed by atoms with van der Waals surface area (Å²) in [5.41, 5.74) is 1.18. The largest absolute Gasteiger partial charge is 0.510 e. The Balaban J connectivity index is 1.34. The van der Waals surface area contributed by atoms with Crippen molar-refractivity contribution in [3.05, 3.63) is 41.2 Å². The minimum Gasteiger partial charge on any atom is -0.438 e. The molecule has 0 aliphatic heterocycles. The van der Waals surface area contributed by atoms with Crippen LogP contribution in [0, 0.1) is 23.6 Å². The van der Waals surface area contributed by atoms with Crippen LogP contribution in [0.1, 0.15) is 37.0 Å². The van der Waals surface area contributed by atoms with Gasteiger partial charge in [0.05, 0.1) is 30.4 Å². The van der Waals surface area contributed by atoms with Crippen LogP contribution in [-0.4, -0.2) is 51.0 Å². The number of hydrogen-bond acceptors (Lipinski definition) is 10. The number of rotatable bonds is 8. The number of H-pyrrole nitrogens is 1. The van der Waals surface area contributed by atoms with Crippen molar-refractivity contribution in [2.75, 3.05) is 19.2 Å². The van der Waals surface area contributed by atoms with Crippen LogP contribution in [0.3, 0.4) is 0 Å². The lowest BCUT2D eigenvalue weighted by molar-refractivity contribution is -0.0455. The first-order chi connectivity index (χ1) is 19.0.